The maximum absolute atomic E-state index is 12.7. The van der Waals surface area contributed by atoms with Crippen LogP contribution < -0.4 is 0 Å². The van der Waals surface area contributed by atoms with Gasteiger partial charge in [0, 0.05) is 0 Å². The van der Waals surface area contributed by atoms with E-state index in [4.69, 9.17) is 0 Å². The third kappa shape index (κ3) is 2.15. The Bertz CT molecular complexity index is 578. The molecule has 0 spiro atoms. The molecule has 1 aromatic rings. The topological polar surface area (TPSA) is 57.9 Å². The Morgan fingerprint density at radius 1 is 1.22 bits per heavy atom. The van der Waals surface area contributed by atoms with Crippen molar-refractivity contribution in [1.82, 2.24) is 0 Å². The smallest absolute Gasteiger partial charge is 0.197 e. The van der Waals surface area contributed by atoms with Crippen molar-refractivity contribution < 1.29 is 8.42 Å². The number of sulfone groups is 1. The Hall–Kier alpha value is -1.34. The van der Waals surface area contributed by atoms with Crippen LogP contribution in [0.1, 0.15) is 37.8 Å². The molecule has 3 nitrogen and oxygen atoms in total. The highest BCUT2D eigenvalue weighted by Crippen LogP contribution is 2.33. The number of nitrogens with zero attached hydrogens (tertiary/aromatic N) is 1. The summed E-state index contributed by atoms with van der Waals surface area (Å²) in [4.78, 5) is 0.276. The van der Waals surface area contributed by atoms with Crippen LogP contribution in [-0.2, 0) is 9.84 Å². The molecule has 0 saturated heterocycles. The van der Waals surface area contributed by atoms with E-state index in [-0.39, 0.29) is 4.90 Å². The minimum Gasteiger partial charge on any atom is -0.222 e. The van der Waals surface area contributed by atoms with E-state index in [1.165, 1.54) is 0 Å². The van der Waals surface area contributed by atoms with Crippen molar-refractivity contribution >= 4 is 9.84 Å². The predicted octanol–water partition coefficient (Wildman–Crippen LogP) is 3.16. The highest BCUT2D eigenvalue weighted by molar-refractivity contribution is 7.93. The Balaban J connectivity index is 3.52. The summed E-state index contributed by atoms with van der Waals surface area (Å²) in [5.41, 5.74) is 1.72. The van der Waals surface area contributed by atoms with Gasteiger partial charge in [-0.25, -0.2) is 8.42 Å². The van der Waals surface area contributed by atoms with Gasteiger partial charge >= 0.3 is 0 Å². The first-order valence-electron chi connectivity index (χ1n) is 6.07. The predicted molar refractivity (Wildman–Crippen MR) is 72.0 cm³/mol. The first kappa shape index (κ1) is 14.7. The van der Waals surface area contributed by atoms with E-state index < -0.39 is 14.6 Å². The number of benzene rings is 1. The Kier molecular flexibility index (Phi) is 4.18. The molecule has 0 aromatic heterocycles. The maximum Gasteiger partial charge on any atom is 0.197 e. The number of aryl methyl sites for hydroxylation is 2. The summed E-state index contributed by atoms with van der Waals surface area (Å²) in [5, 5.41) is 9.29. The normalized spacial score (nSPS) is 12.2. The third-order valence-electron chi connectivity index (χ3n) is 3.48. The zero-order valence-electron chi connectivity index (χ0n) is 11.3. The summed E-state index contributed by atoms with van der Waals surface area (Å²) in [6.07, 6.45) is 0.602. The van der Waals surface area contributed by atoms with Crippen molar-refractivity contribution in [3.63, 3.8) is 0 Å². The first-order valence-corrected chi connectivity index (χ1v) is 7.56. The Morgan fingerprint density at radius 2 is 1.78 bits per heavy atom. The second-order valence-electron chi connectivity index (χ2n) is 4.59. The summed E-state index contributed by atoms with van der Waals surface area (Å²) < 4.78 is 24.0. The van der Waals surface area contributed by atoms with E-state index in [9.17, 15) is 13.7 Å². The van der Waals surface area contributed by atoms with E-state index in [1.54, 1.807) is 32.9 Å². The summed E-state index contributed by atoms with van der Waals surface area (Å²) in [7, 11) is -3.62. The largest absolute Gasteiger partial charge is 0.222 e. The van der Waals surface area contributed by atoms with E-state index in [1.807, 2.05) is 19.1 Å². The van der Waals surface area contributed by atoms with Crippen LogP contribution in [0.4, 0.5) is 0 Å². The van der Waals surface area contributed by atoms with Gasteiger partial charge in [0.25, 0.3) is 0 Å². The monoisotopic (exact) mass is 265 g/mol. The summed E-state index contributed by atoms with van der Waals surface area (Å²) >= 11 is 0. The molecule has 0 heterocycles. The molecule has 1 aromatic carbocycles. The van der Waals surface area contributed by atoms with Crippen molar-refractivity contribution in [3.8, 4) is 6.07 Å². The molecule has 0 amide bonds. The highest BCUT2D eigenvalue weighted by Gasteiger charge is 2.42. The first-order chi connectivity index (χ1) is 8.34. The molecule has 18 heavy (non-hydrogen) atoms. The van der Waals surface area contributed by atoms with E-state index >= 15 is 0 Å². The van der Waals surface area contributed by atoms with Gasteiger partial charge in [0.15, 0.2) is 14.6 Å². The van der Waals surface area contributed by atoms with Gasteiger partial charge in [0.05, 0.1) is 11.0 Å². The highest BCUT2D eigenvalue weighted by atomic mass is 32.2. The van der Waals surface area contributed by atoms with Crippen molar-refractivity contribution in [1.29, 1.82) is 5.26 Å². The molecule has 0 aliphatic carbocycles. The number of nitriles is 1. The molecule has 0 radical (unpaired) electrons. The molecular formula is C14H19NO2S. The standard InChI is InChI=1S/C14H19NO2S/c1-5-14(6-2,10-15)18(16,17)13-8-7-11(3)9-12(13)4/h7-9H,5-6H2,1-4H3. The van der Waals surface area contributed by atoms with E-state index in [0.717, 1.165) is 5.56 Å². The lowest BCUT2D eigenvalue weighted by atomic mass is 10.1. The van der Waals surface area contributed by atoms with Crippen LogP contribution in [0.15, 0.2) is 23.1 Å². The van der Waals surface area contributed by atoms with Gasteiger partial charge in [-0.05, 0) is 38.3 Å². The molecule has 0 aliphatic heterocycles. The Morgan fingerprint density at radius 3 is 2.17 bits per heavy atom. The molecule has 0 N–H and O–H groups in total. The average molecular weight is 265 g/mol. The lowest BCUT2D eigenvalue weighted by Crippen LogP contribution is -2.36. The second-order valence-corrected chi connectivity index (χ2v) is 6.81. The molecule has 0 saturated carbocycles. The van der Waals surface area contributed by atoms with E-state index in [2.05, 4.69) is 0 Å². The number of hydrogen-bond donors (Lipinski definition) is 0. The van der Waals surface area contributed by atoms with Crippen molar-refractivity contribution in [3.05, 3.63) is 29.3 Å². The number of hydrogen-bond acceptors (Lipinski definition) is 3. The fourth-order valence-corrected chi connectivity index (χ4v) is 4.19. The lowest BCUT2D eigenvalue weighted by Gasteiger charge is -2.24. The van der Waals surface area contributed by atoms with Crippen LogP contribution in [-0.4, -0.2) is 13.2 Å². The SMILES string of the molecule is CCC(C#N)(CC)S(=O)(=O)c1ccc(C)cc1C. The quantitative estimate of drug-likeness (QED) is 0.840. The summed E-state index contributed by atoms with van der Waals surface area (Å²) in [5.74, 6) is 0. The van der Waals surface area contributed by atoms with Gasteiger partial charge in [-0.1, -0.05) is 31.5 Å². The van der Waals surface area contributed by atoms with Crippen molar-refractivity contribution in [2.75, 3.05) is 0 Å². The zero-order valence-corrected chi connectivity index (χ0v) is 12.1. The van der Waals surface area contributed by atoms with Crippen LogP contribution in [0, 0.1) is 25.2 Å². The minimum atomic E-state index is -3.62. The van der Waals surface area contributed by atoms with Crippen molar-refractivity contribution in [2.24, 2.45) is 0 Å². The van der Waals surface area contributed by atoms with Gasteiger partial charge in [-0.3, -0.25) is 0 Å². The van der Waals surface area contributed by atoms with E-state index in [0.29, 0.717) is 18.4 Å². The van der Waals surface area contributed by atoms with Crippen LogP contribution >= 0.6 is 0 Å². The molecule has 98 valence electrons. The Labute approximate surface area is 109 Å². The fraction of sp³-hybridized carbons (Fsp3) is 0.500. The molecule has 0 bridgehead atoms. The number of rotatable bonds is 4. The van der Waals surface area contributed by atoms with Gasteiger partial charge in [0.1, 0.15) is 0 Å². The second kappa shape index (κ2) is 5.11. The molecular weight excluding hydrogens is 246 g/mol. The van der Waals surface area contributed by atoms with Gasteiger partial charge in [-0.15, -0.1) is 0 Å². The summed E-state index contributed by atoms with van der Waals surface area (Å²) in [6, 6.07) is 7.22. The third-order valence-corrected chi connectivity index (χ3v) is 6.21. The molecule has 4 heteroatoms. The van der Waals surface area contributed by atoms with Gasteiger partial charge in [-0.2, -0.15) is 5.26 Å². The molecule has 0 aliphatic rings. The average Bonchev–Trinajstić information content (AvgIpc) is 2.31. The van der Waals surface area contributed by atoms with Crippen LogP contribution in [0.25, 0.3) is 0 Å². The van der Waals surface area contributed by atoms with Crippen LogP contribution in [0.2, 0.25) is 0 Å². The molecule has 1 rings (SSSR count). The molecule has 0 atom stereocenters. The fourth-order valence-electron chi connectivity index (χ4n) is 2.16. The lowest BCUT2D eigenvalue weighted by molar-refractivity contribution is 0.539. The van der Waals surface area contributed by atoms with Crippen LogP contribution in [0.3, 0.4) is 0 Å². The molecule has 0 fully saturated rings. The minimum absolute atomic E-state index is 0.276. The zero-order chi connectivity index (χ0) is 14.0. The molecule has 0 unspecified atom stereocenters. The van der Waals surface area contributed by atoms with Crippen molar-refractivity contribution in [2.45, 2.75) is 50.2 Å². The maximum atomic E-state index is 12.7. The summed E-state index contributed by atoms with van der Waals surface area (Å²) in [6.45, 7) is 7.18. The van der Waals surface area contributed by atoms with Gasteiger partial charge in [0.2, 0.25) is 0 Å². The van der Waals surface area contributed by atoms with Gasteiger partial charge < -0.3 is 0 Å². The van der Waals surface area contributed by atoms with Crippen LogP contribution in [0.5, 0.6) is 0 Å².